The first-order chi connectivity index (χ1) is 9.36. The van der Waals surface area contributed by atoms with Crippen LogP contribution in [0, 0.1) is 0 Å². The van der Waals surface area contributed by atoms with Gasteiger partial charge < -0.3 is 5.32 Å². The minimum absolute atomic E-state index is 0.706. The highest BCUT2D eigenvalue weighted by Crippen LogP contribution is 2.31. The molecular weight excluding hydrogens is 250 g/mol. The third-order valence-corrected chi connectivity index (χ3v) is 5.96. The standard InChI is InChI=1S/C17H25NS/c1-2-19-17-9-5-8-16(17)18-15-11-10-13-6-3-4-7-14(13)12-15/h3-4,6-7,15-18H,2,5,8-12H2,1H3. The smallest absolute Gasteiger partial charge is 0.0201 e. The molecule has 2 heteroatoms. The highest BCUT2D eigenvalue weighted by molar-refractivity contribution is 7.99. The Morgan fingerprint density at radius 2 is 2.00 bits per heavy atom. The first-order valence-electron chi connectivity index (χ1n) is 7.81. The molecule has 2 aliphatic carbocycles. The van der Waals surface area contributed by atoms with Gasteiger partial charge >= 0.3 is 0 Å². The van der Waals surface area contributed by atoms with Crippen LogP contribution < -0.4 is 5.32 Å². The van der Waals surface area contributed by atoms with E-state index in [1.807, 2.05) is 0 Å². The van der Waals surface area contributed by atoms with Crippen LogP contribution >= 0.6 is 11.8 Å². The fourth-order valence-corrected chi connectivity index (χ4v) is 4.88. The van der Waals surface area contributed by atoms with E-state index < -0.39 is 0 Å². The van der Waals surface area contributed by atoms with Crippen molar-refractivity contribution in [1.29, 1.82) is 0 Å². The van der Waals surface area contributed by atoms with Crippen molar-refractivity contribution in [3.05, 3.63) is 35.4 Å². The Kier molecular flexibility index (Phi) is 4.49. The lowest BCUT2D eigenvalue weighted by molar-refractivity contribution is 0.399. The van der Waals surface area contributed by atoms with E-state index in [0.717, 1.165) is 11.3 Å². The number of rotatable bonds is 4. The van der Waals surface area contributed by atoms with Crippen LogP contribution in [-0.2, 0) is 12.8 Å². The van der Waals surface area contributed by atoms with Crippen molar-refractivity contribution in [2.24, 2.45) is 0 Å². The van der Waals surface area contributed by atoms with Gasteiger partial charge in [-0.2, -0.15) is 11.8 Å². The number of hydrogen-bond acceptors (Lipinski definition) is 2. The number of fused-ring (bicyclic) bond motifs is 1. The van der Waals surface area contributed by atoms with E-state index in [2.05, 4.69) is 48.3 Å². The third kappa shape index (κ3) is 3.17. The van der Waals surface area contributed by atoms with E-state index >= 15 is 0 Å². The maximum atomic E-state index is 3.97. The second kappa shape index (κ2) is 6.32. The Morgan fingerprint density at radius 1 is 1.16 bits per heavy atom. The van der Waals surface area contributed by atoms with Crippen molar-refractivity contribution in [2.75, 3.05) is 5.75 Å². The number of aryl methyl sites for hydroxylation is 1. The molecule has 0 amide bonds. The summed E-state index contributed by atoms with van der Waals surface area (Å²) in [7, 11) is 0. The maximum Gasteiger partial charge on any atom is 0.0201 e. The van der Waals surface area contributed by atoms with E-state index in [0.29, 0.717) is 6.04 Å². The van der Waals surface area contributed by atoms with Crippen molar-refractivity contribution in [1.82, 2.24) is 5.32 Å². The molecular formula is C17H25NS. The fraction of sp³-hybridized carbons (Fsp3) is 0.647. The molecule has 0 heterocycles. The van der Waals surface area contributed by atoms with Crippen LogP contribution in [0.4, 0.5) is 0 Å². The summed E-state index contributed by atoms with van der Waals surface area (Å²) in [5.74, 6) is 1.26. The van der Waals surface area contributed by atoms with Gasteiger partial charge in [0.05, 0.1) is 0 Å². The zero-order chi connectivity index (χ0) is 13.1. The van der Waals surface area contributed by atoms with Crippen LogP contribution in [0.25, 0.3) is 0 Å². The second-order valence-electron chi connectivity index (χ2n) is 5.91. The normalized spacial score (nSPS) is 30.3. The topological polar surface area (TPSA) is 12.0 Å². The average molecular weight is 275 g/mol. The van der Waals surface area contributed by atoms with Gasteiger partial charge in [-0.05, 0) is 49.0 Å². The minimum atomic E-state index is 0.706. The first-order valence-corrected chi connectivity index (χ1v) is 8.86. The zero-order valence-electron chi connectivity index (χ0n) is 11.9. The molecule has 3 rings (SSSR count). The van der Waals surface area contributed by atoms with E-state index in [1.165, 1.54) is 44.3 Å². The lowest BCUT2D eigenvalue weighted by Crippen LogP contribution is -2.44. The van der Waals surface area contributed by atoms with Gasteiger partial charge in [0.25, 0.3) is 0 Å². The van der Waals surface area contributed by atoms with Gasteiger partial charge in [-0.1, -0.05) is 37.6 Å². The van der Waals surface area contributed by atoms with E-state index in [1.54, 1.807) is 11.1 Å². The number of nitrogens with one attached hydrogen (secondary N) is 1. The molecule has 1 saturated carbocycles. The first kappa shape index (κ1) is 13.5. The van der Waals surface area contributed by atoms with Crippen LogP contribution in [-0.4, -0.2) is 23.1 Å². The Hall–Kier alpha value is -0.470. The zero-order valence-corrected chi connectivity index (χ0v) is 12.7. The summed E-state index contributed by atoms with van der Waals surface area (Å²) in [6.45, 7) is 2.29. The lowest BCUT2D eigenvalue weighted by atomic mass is 9.88. The number of hydrogen-bond donors (Lipinski definition) is 1. The molecule has 1 aromatic rings. The van der Waals surface area contributed by atoms with E-state index in [4.69, 9.17) is 0 Å². The average Bonchev–Trinajstić information content (AvgIpc) is 2.86. The van der Waals surface area contributed by atoms with Gasteiger partial charge in [0.15, 0.2) is 0 Å². The highest BCUT2D eigenvalue weighted by Gasteiger charge is 2.29. The summed E-state index contributed by atoms with van der Waals surface area (Å²) in [6.07, 6.45) is 8.02. The lowest BCUT2D eigenvalue weighted by Gasteiger charge is -2.30. The quantitative estimate of drug-likeness (QED) is 0.897. The molecule has 19 heavy (non-hydrogen) atoms. The molecule has 104 valence electrons. The molecule has 0 saturated heterocycles. The predicted molar refractivity (Wildman–Crippen MR) is 84.9 cm³/mol. The largest absolute Gasteiger partial charge is 0.310 e. The van der Waals surface area contributed by atoms with Gasteiger partial charge in [0.1, 0.15) is 0 Å². The van der Waals surface area contributed by atoms with Crippen LogP contribution in [0.1, 0.15) is 43.7 Å². The summed E-state index contributed by atoms with van der Waals surface area (Å²) < 4.78 is 0. The maximum absolute atomic E-state index is 3.97. The van der Waals surface area contributed by atoms with Gasteiger partial charge in [-0.3, -0.25) is 0 Å². The van der Waals surface area contributed by atoms with Crippen LogP contribution in [0.5, 0.6) is 0 Å². The van der Waals surface area contributed by atoms with Crippen molar-refractivity contribution in [2.45, 2.75) is 62.8 Å². The summed E-state index contributed by atoms with van der Waals surface area (Å²) >= 11 is 2.16. The molecule has 2 aliphatic rings. The van der Waals surface area contributed by atoms with E-state index in [-0.39, 0.29) is 0 Å². The molecule has 0 bridgehead atoms. The number of thioether (sulfide) groups is 1. The van der Waals surface area contributed by atoms with Crippen molar-refractivity contribution in [3.8, 4) is 0 Å². The highest BCUT2D eigenvalue weighted by atomic mass is 32.2. The molecule has 0 spiro atoms. The van der Waals surface area contributed by atoms with Gasteiger partial charge in [-0.15, -0.1) is 0 Å². The molecule has 3 atom stereocenters. The van der Waals surface area contributed by atoms with Gasteiger partial charge in [0.2, 0.25) is 0 Å². The molecule has 0 aromatic heterocycles. The Labute approximate surface area is 121 Å². The molecule has 0 radical (unpaired) electrons. The summed E-state index contributed by atoms with van der Waals surface area (Å²) in [5.41, 5.74) is 3.15. The van der Waals surface area contributed by atoms with E-state index in [9.17, 15) is 0 Å². The monoisotopic (exact) mass is 275 g/mol. The third-order valence-electron chi connectivity index (χ3n) is 4.63. The molecule has 3 unspecified atom stereocenters. The van der Waals surface area contributed by atoms with Crippen molar-refractivity contribution < 1.29 is 0 Å². The minimum Gasteiger partial charge on any atom is -0.310 e. The van der Waals surface area contributed by atoms with Crippen molar-refractivity contribution in [3.63, 3.8) is 0 Å². The van der Waals surface area contributed by atoms with Crippen molar-refractivity contribution >= 4 is 11.8 Å². The molecule has 1 aromatic carbocycles. The second-order valence-corrected chi connectivity index (χ2v) is 7.42. The number of benzene rings is 1. The fourth-order valence-electron chi connectivity index (χ4n) is 3.67. The molecule has 0 aliphatic heterocycles. The predicted octanol–water partition coefficient (Wildman–Crippen LogP) is 3.81. The van der Waals surface area contributed by atoms with Gasteiger partial charge in [0, 0.05) is 17.3 Å². The van der Waals surface area contributed by atoms with Crippen LogP contribution in [0.15, 0.2) is 24.3 Å². The van der Waals surface area contributed by atoms with Crippen LogP contribution in [0.2, 0.25) is 0 Å². The Bertz CT molecular complexity index is 417. The molecule has 1 N–H and O–H groups in total. The molecule has 1 nitrogen and oxygen atoms in total. The summed E-state index contributed by atoms with van der Waals surface area (Å²) in [6, 6.07) is 10.5. The summed E-state index contributed by atoms with van der Waals surface area (Å²) in [5, 5.41) is 4.84. The van der Waals surface area contributed by atoms with Gasteiger partial charge in [-0.25, -0.2) is 0 Å². The van der Waals surface area contributed by atoms with Crippen LogP contribution in [0.3, 0.4) is 0 Å². The summed E-state index contributed by atoms with van der Waals surface area (Å²) in [4.78, 5) is 0. The SMILES string of the molecule is CCSC1CCCC1NC1CCc2ccccc2C1. The Balaban J connectivity index is 1.60. The molecule has 1 fully saturated rings. The Morgan fingerprint density at radius 3 is 2.84 bits per heavy atom.